The maximum atomic E-state index is 12.0. The molecule has 2 rings (SSSR count). The molecule has 0 heterocycles. The van der Waals surface area contributed by atoms with Gasteiger partial charge in [-0.25, -0.2) is 4.79 Å². The van der Waals surface area contributed by atoms with Crippen molar-refractivity contribution in [3.8, 4) is 0 Å². The number of anilines is 1. The Morgan fingerprint density at radius 2 is 1.91 bits per heavy atom. The minimum atomic E-state index is -0.614. The molecule has 0 spiro atoms. The van der Waals surface area contributed by atoms with Gasteiger partial charge in [-0.2, -0.15) is 4.99 Å². The quantitative estimate of drug-likeness (QED) is 0.581. The number of aryl methyl sites for hydroxylation is 1. The van der Waals surface area contributed by atoms with E-state index in [1.54, 1.807) is 36.4 Å². The normalized spacial score (nSPS) is 11.4. The molecule has 5 nitrogen and oxygen atoms in total. The van der Waals surface area contributed by atoms with Gasteiger partial charge in [-0.15, -0.1) is 0 Å². The summed E-state index contributed by atoms with van der Waals surface area (Å²) < 4.78 is 0. The van der Waals surface area contributed by atoms with Crippen LogP contribution in [0.25, 0.3) is 0 Å². The smallest absolute Gasteiger partial charge is 0.347 e. The molecule has 0 saturated carbocycles. The van der Waals surface area contributed by atoms with E-state index in [-0.39, 0.29) is 5.84 Å². The molecule has 0 aromatic heterocycles. The first-order valence-corrected chi connectivity index (χ1v) is 7.56. The monoisotopic (exact) mass is 350 g/mol. The minimum Gasteiger partial charge on any atom is -0.383 e. The molecule has 2 amide bonds. The molecule has 5 N–H and O–H groups in total. The highest BCUT2D eigenvalue weighted by Crippen LogP contribution is 2.20. The first-order valence-electron chi connectivity index (χ1n) is 6.81. The van der Waals surface area contributed by atoms with E-state index >= 15 is 0 Å². The molecule has 0 aliphatic carbocycles. The van der Waals surface area contributed by atoms with E-state index in [2.05, 4.69) is 10.3 Å². The number of rotatable bonds is 3. The summed E-state index contributed by atoms with van der Waals surface area (Å²) in [5, 5.41) is 3.55. The predicted octanol–water partition coefficient (Wildman–Crippen LogP) is 3.70. The lowest BCUT2D eigenvalue weighted by molar-refractivity contribution is 0.259. The van der Waals surface area contributed by atoms with E-state index in [4.69, 9.17) is 34.7 Å². The van der Waals surface area contributed by atoms with E-state index in [1.165, 1.54) is 0 Å². The molecular formula is C16H16Cl2N4O. The van der Waals surface area contributed by atoms with Crippen molar-refractivity contribution in [2.75, 3.05) is 5.32 Å². The molecule has 0 aliphatic rings. The lowest BCUT2D eigenvalue weighted by atomic mass is 10.1. The first kappa shape index (κ1) is 17.3. The van der Waals surface area contributed by atoms with Crippen LogP contribution >= 0.6 is 23.2 Å². The second-order valence-corrected chi connectivity index (χ2v) is 5.72. The Balaban J connectivity index is 2.19. The van der Waals surface area contributed by atoms with Crippen LogP contribution in [0.2, 0.25) is 10.0 Å². The molecule has 0 atom stereocenters. The summed E-state index contributed by atoms with van der Waals surface area (Å²) in [6.45, 7) is 2.21. The van der Waals surface area contributed by atoms with Gasteiger partial charge in [0.15, 0.2) is 0 Å². The van der Waals surface area contributed by atoms with Crippen LogP contribution in [-0.2, 0) is 6.54 Å². The number of nitrogens with zero attached hydrogens (tertiary/aromatic N) is 1. The summed E-state index contributed by atoms with van der Waals surface area (Å²) in [6, 6.07) is 9.71. The second kappa shape index (κ2) is 7.46. The van der Waals surface area contributed by atoms with Crippen LogP contribution in [0.15, 0.2) is 41.4 Å². The van der Waals surface area contributed by atoms with Gasteiger partial charge in [0.05, 0.1) is 5.02 Å². The molecule has 0 aliphatic heterocycles. The topological polar surface area (TPSA) is 93.5 Å². The average molecular weight is 351 g/mol. The number of aliphatic imine (C=N–C) groups is 1. The van der Waals surface area contributed by atoms with E-state index < -0.39 is 6.03 Å². The molecule has 2 aromatic carbocycles. The molecule has 7 heteroatoms. The SMILES string of the molecule is Cc1ccc(NC(=O)/N=C(\N)c2cc(CN)ccc2Cl)cc1Cl. The highest BCUT2D eigenvalue weighted by molar-refractivity contribution is 6.34. The zero-order chi connectivity index (χ0) is 17.0. The Kier molecular flexibility index (Phi) is 5.60. The first-order chi connectivity index (χ1) is 10.9. The standard InChI is InChI=1S/C16H16Cl2N4O/c1-9-2-4-11(7-14(9)18)21-16(23)22-15(20)12-6-10(8-19)3-5-13(12)17/h2-7H,8,19H2,1H3,(H3,20,21,22,23). The third kappa shape index (κ3) is 4.45. The molecule has 120 valence electrons. The largest absolute Gasteiger partial charge is 0.383 e. The number of hydrogen-bond donors (Lipinski definition) is 3. The van der Waals surface area contributed by atoms with Gasteiger partial charge in [0.2, 0.25) is 0 Å². The highest BCUT2D eigenvalue weighted by Gasteiger charge is 2.09. The van der Waals surface area contributed by atoms with Crippen LogP contribution in [0, 0.1) is 6.92 Å². The zero-order valence-corrected chi connectivity index (χ0v) is 13.9. The van der Waals surface area contributed by atoms with Gasteiger partial charge in [-0.1, -0.05) is 35.3 Å². The summed E-state index contributed by atoms with van der Waals surface area (Å²) in [5.74, 6) is 0.0148. The Hall–Kier alpha value is -2.08. The second-order valence-electron chi connectivity index (χ2n) is 4.91. The number of amides is 2. The fraction of sp³-hybridized carbons (Fsp3) is 0.125. The van der Waals surface area contributed by atoms with E-state index in [0.717, 1.165) is 11.1 Å². The van der Waals surface area contributed by atoms with Crippen molar-refractivity contribution in [2.24, 2.45) is 16.5 Å². The van der Waals surface area contributed by atoms with Crippen LogP contribution in [-0.4, -0.2) is 11.9 Å². The van der Waals surface area contributed by atoms with Gasteiger partial charge in [-0.05, 0) is 42.3 Å². The van der Waals surface area contributed by atoms with Crippen molar-refractivity contribution in [2.45, 2.75) is 13.5 Å². The summed E-state index contributed by atoms with van der Waals surface area (Å²) in [6.07, 6.45) is 0. The number of benzene rings is 2. The third-order valence-electron chi connectivity index (χ3n) is 3.19. The van der Waals surface area contributed by atoms with Gasteiger partial charge in [0, 0.05) is 22.8 Å². The fourth-order valence-corrected chi connectivity index (χ4v) is 2.28. The zero-order valence-electron chi connectivity index (χ0n) is 12.4. The lowest BCUT2D eigenvalue weighted by Crippen LogP contribution is -2.19. The number of nitrogens with one attached hydrogen (secondary N) is 1. The number of carbonyl (C=O) groups is 1. The van der Waals surface area contributed by atoms with Crippen molar-refractivity contribution in [1.82, 2.24) is 0 Å². The Bertz CT molecular complexity index is 775. The average Bonchev–Trinajstić information content (AvgIpc) is 2.51. The van der Waals surface area contributed by atoms with Crippen LogP contribution in [0.3, 0.4) is 0 Å². The van der Waals surface area contributed by atoms with Gasteiger partial charge in [0.25, 0.3) is 0 Å². The van der Waals surface area contributed by atoms with Crippen molar-refractivity contribution in [1.29, 1.82) is 0 Å². The number of hydrogen-bond acceptors (Lipinski definition) is 2. The molecular weight excluding hydrogens is 335 g/mol. The molecule has 0 bridgehead atoms. The van der Waals surface area contributed by atoms with Crippen LogP contribution in [0.5, 0.6) is 0 Å². The predicted molar refractivity (Wildman–Crippen MR) is 95.3 cm³/mol. The Morgan fingerprint density at radius 3 is 2.57 bits per heavy atom. The van der Waals surface area contributed by atoms with Gasteiger partial charge >= 0.3 is 6.03 Å². The molecule has 0 unspecified atom stereocenters. The number of carbonyl (C=O) groups excluding carboxylic acids is 1. The fourth-order valence-electron chi connectivity index (χ4n) is 1.89. The minimum absolute atomic E-state index is 0.0148. The number of nitrogens with two attached hydrogens (primary N) is 2. The van der Waals surface area contributed by atoms with Crippen molar-refractivity contribution >= 4 is 40.8 Å². The summed E-state index contributed by atoms with van der Waals surface area (Å²) in [4.78, 5) is 15.8. The van der Waals surface area contributed by atoms with Gasteiger partial charge in [0.1, 0.15) is 5.84 Å². The maximum absolute atomic E-state index is 12.0. The van der Waals surface area contributed by atoms with Crippen molar-refractivity contribution < 1.29 is 4.79 Å². The molecule has 23 heavy (non-hydrogen) atoms. The molecule has 0 radical (unpaired) electrons. The van der Waals surface area contributed by atoms with Crippen LogP contribution < -0.4 is 16.8 Å². The molecule has 0 saturated heterocycles. The van der Waals surface area contributed by atoms with Gasteiger partial charge < -0.3 is 16.8 Å². The van der Waals surface area contributed by atoms with E-state index in [1.807, 2.05) is 6.92 Å². The van der Waals surface area contributed by atoms with Crippen LogP contribution in [0.4, 0.5) is 10.5 Å². The summed E-state index contributed by atoms with van der Waals surface area (Å²) >= 11 is 12.1. The summed E-state index contributed by atoms with van der Waals surface area (Å²) in [7, 11) is 0. The molecule has 2 aromatic rings. The summed E-state index contributed by atoms with van der Waals surface area (Å²) in [5.41, 5.74) is 14.2. The molecule has 0 fully saturated rings. The number of urea groups is 1. The van der Waals surface area contributed by atoms with Crippen molar-refractivity contribution in [3.63, 3.8) is 0 Å². The highest BCUT2D eigenvalue weighted by atomic mass is 35.5. The number of halogens is 2. The Morgan fingerprint density at radius 1 is 1.17 bits per heavy atom. The van der Waals surface area contributed by atoms with E-state index in [0.29, 0.717) is 27.8 Å². The number of amidine groups is 1. The third-order valence-corrected chi connectivity index (χ3v) is 3.92. The van der Waals surface area contributed by atoms with Crippen molar-refractivity contribution in [3.05, 3.63) is 63.1 Å². The lowest BCUT2D eigenvalue weighted by Gasteiger charge is -2.07. The maximum Gasteiger partial charge on any atom is 0.347 e. The van der Waals surface area contributed by atoms with Gasteiger partial charge in [-0.3, -0.25) is 0 Å². The van der Waals surface area contributed by atoms with Crippen LogP contribution in [0.1, 0.15) is 16.7 Å². The van der Waals surface area contributed by atoms with E-state index in [9.17, 15) is 4.79 Å². The Labute approximate surface area is 144 Å².